The number of hydrogen-bond acceptors (Lipinski definition) is 4. The average Bonchev–Trinajstić information content (AvgIpc) is 2.73. The summed E-state index contributed by atoms with van der Waals surface area (Å²) in [4.78, 5) is 2.31. The molecular weight excluding hydrogens is 220 g/mol. The fraction of sp³-hybridized carbons (Fsp3) is 0.667. The third kappa shape index (κ3) is 4.20. The van der Waals surface area contributed by atoms with Crippen LogP contribution in [0.5, 0.6) is 0 Å². The highest BCUT2D eigenvalue weighted by molar-refractivity contribution is 7.98. The standard InChI is InChI=1S/C12H22N2OS/c1-10(4-5-16-3)14(2)8-12-6-11(7-13)9-15-12/h6,9-10H,4-5,7-8,13H2,1-3H3. The van der Waals surface area contributed by atoms with Crippen molar-refractivity contribution in [2.24, 2.45) is 5.73 Å². The van der Waals surface area contributed by atoms with Gasteiger partial charge >= 0.3 is 0 Å². The zero-order valence-electron chi connectivity index (χ0n) is 10.4. The van der Waals surface area contributed by atoms with Gasteiger partial charge < -0.3 is 10.2 Å². The largest absolute Gasteiger partial charge is 0.468 e. The van der Waals surface area contributed by atoms with Crippen LogP contribution in [0.25, 0.3) is 0 Å². The molecule has 0 saturated carbocycles. The first kappa shape index (κ1) is 13.6. The van der Waals surface area contributed by atoms with Gasteiger partial charge in [-0.15, -0.1) is 0 Å². The van der Waals surface area contributed by atoms with E-state index in [2.05, 4.69) is 25.1 Å². The fourth-order valence-corrected chi connectivity index (χ4v) is 2.10. The second-order valence-electron chi connectivity index (χ2n) is 4.17. The normalized spacial score (nSPS) is 13.3. The van der Waals surface area contributed by atoms with Crippen LogP contribution in [0, 0.1) is 0 Å². The van der Waals surface area contributed by atoms with Gasteiger partial charge in [-0.05, 0) is 38.5 Å². The molecule has 1 heterocycles. The first-order chi connectivity index (χ1) is 7.67. The van der Waals surface area contributed by atoms with Crippen molar-refractivity contribution in [1.82, 2.24) is 4.90 Å². The predicted molar refractivity (Wildman–Crippen MR) is 70.5 cm³/mol. The van der Waals surface area contributed by atoms with Crippen LogP contribution in [0.4, 0.5) is 0 Å². The molecule has 0 aliphatic carbocycles. The van der Waals surface area contributed by atoms with Crippen LogP contribution in [0.2, 0.25) is 0 Å². The minimum Gasteiger partial charge on any atom is -0.468 e. The molecule has 92 valence electrons. The minimum absolute atomic E-state index is 0.551. The molecule has 0 saturated heterocycles. The van der Waals surface area contributed by atoms with Crippen molar-refractivity contribution >= 4 is 11.8 Å². The third-order valence-corrected chi connectivity index (χ3v) is 3.49. The summed E-state index contributed by atoms with van der Waals surface area (Å²) in [6.07, 6.45) is 5.10. The van der Waals surface area contributed by atoms with E-state index in [1.807, 2.05) is 17.8 Å². The van der Waals surface area contributed by atoms with E-state index in [0.717, 1.165) is 17.9 Å². The van der Waals surface area contributed by atoms with E-state index >= 15 is 0 Å². The van der Waals surface area contributed by atoms with Crippen molar-refractivity contribution in [3.05, 3.63) is 23.7 Å². The summed E-state index contributed by atoms with van der Waals surface area (Å²) in [5.41, 5.74) is 6.61. The highest BCUT2D eigenvalue weighted by Crippen LogP contribution is 2.13. The molecule has 0 fully saturated rings. The van der Waals surface area contributed by atoms with Crippen molar-refractivity contribution in [3.8, 4) is 0 Å². The topological polar surface area (TPSA) is 42.4 Å². The molecule has 0 amide bonds. The maximum atomic E-state index is 5.54. The number of nitrogens with two attached hydrogens (primary N) is 1. The smallest absolute Gasteiger partial charge is 0.118 e. The molecule has 0 aliphatic heterocycles. The molecule has 1 aromatic rings. The summed E-state index contributed by atoms with van der Waals surface area (Å²) in [5, 5.41) is 0. The lowest BCUT2D eigenvalue weighted by atomic mass is 10.2. The summed E-state index contributed by atoms with van der Waals surface area (Å²) < 4.78 is 5.45. The van der Waals surface area contributed by atoms with E-state index in [-0.39, 0.29) is 0 Å². The molecule has 0 aliphatic rings. The number of nitrogens with zero attached hydrogens (tertiary/aromatic N) is 1. The lowest BCUT2D eigenvalue weighted by molar-refractivity contribution is 0.226. The Morgan fingerprint density at radius 1 is 1.56 bits per heavy atom. The molecule has 1 aromatic heterocycles. The molecule has 16 heavy (non-hydrogen) atoms. The molecule has 1 atom stereocenters. The van der Waals surface area contributed by atoms with Crippen molar-refractivity contribution in [3.63, 3.8) is 0 Å². The summed E-state index contributed by atoms with van der Waals surface area (Å²) in [5.74, 6) is 2.21. The van der Waals surface area contributed by atoms with Gasteiger partial charge in [0.1, 0.15) is 5.76 Å². The van der Waals surface area contributed by atoms with Crippen LogP contribution in [0.15, 0.2) is 16.7 Å². The van der Waals surface area contributed by atoms with Crippen LogP contribution < -0.4 is 5.73 Å². The summed E-state index contributed by atoms with van der Waals surface area (Å²) >= 11 is 1.89. The maximum absolute atomic E-state index is 5.54. The number of thioether (sulfide) groups is 1. The van der Waals surface area contributed by atoms with Crippen molar-refractivity contribution in [2.45, 2.75) is 32.5 Å². The Bertz CT molecular complexity index is 301. The average molecular weight is 242 g/mol. The second-order valence-corrected chi connectivity index (χ2v) is 5.16. The molecular formula is C12H22N2OS. The molecule has 4 heteroatoms. The Kier molecular flexibility index (Phi) is 5.95. The summed E-state index contributed by atoms with van der Waals surface area (Å²) in [6.45, 7) is 3.66. The fourth-order valence-electron chi connectivity index (χ4n) is 1.53. The van der Waals surface area contributed by atoms with Gasteiger partial charge in [0, 0.05) is 18.2 Å². The molecule has 2 N–H and O–H groups in total. The third-order valence-electron chi connectivity index (χ3n) is 2.84. The van der Waals surface area contributed by atoms with Crippen LogP contribution in [-0.4, -0.2) is 30.0 Å². The Morgan fingerprint density at radius 3 is 2.88 bits per heavy atom. The van der Waals surface area contributed by atoms with Gasteiger partial charge in [0.2, 0.25) is 0 Å². The van der Waals surface area contributed by atoms with Crippen molar-refractivity contribution < 1.29 is 4.42 Å². The Hall–Kier alpha value is -0.450. The summed E-state index contributed by atoms with van der Waals surface area (Å²) in [6, 6.07) is 2.62. The van der Waals surface area contributed by atoms with Crippen LogP contribution in [0.3, 0.4) is 0 Å². The highest BCUT2D eigenvalue weighted by Gasteiger charge is 2.11. The molecule has 1 rings (SSSR count). The van der Waals surface area contributed by atoms with Crippen LogP contribution in [0.1, 0.15) is 24.7 Å². The van der Waals surface area contributed by atoms with E-state index in [0.29, 0.717) is 12.6 Å². The Labute approximate surface area is 102 Å². The Morgan fingerprint density at radius 2 is 2.31 bits per heavy atom. The number of furan rings is 1. The van der Waals surface area contributed by atoms with E-state index < -0.39 is 0 Å². The number of rotatable bonds is 7. The van der Waals surface area contributed by atoms with E-state index in [9.17, 15) is 0 Å². The second kappa shape index (κ2) is 6.99. The first-order valence-electron chi connectivity index (χ1n) is 5.63. The van der Waals surface area contributed by atoms with Crippen molar-refractivity contribution in [1.29, 1.82) is 0 Å². The van der Waals surface area contributed by atoms with Gasteiger partial charge in [-0.1, -0.05) is 0 Å². The summed E-state index contributed by atoms with van der Waals surface area (Å²) in [7, 11) is 2.13. The maximum Gasteiger partial charge on any atom is 0.118 e. The van der Waals surface area contributed by atoms with Gasteiger partial charge in [0.15, 0.2) is 0 Å². The molecule has 0 bridgehead atoms. The molecule has 3 nitrogen and oxygen atoms in total. The molecule has 0 spiro atoms. The SMILES string of the molecule is CSCCC(C)N(C)Cc1cc(CN)co1. The van der Waals surface area contributed by atoms with E-state index in [4.69, 9.17) is 10.2 Å². The quantitative estimate of drug-likeness (QED) is 0.797. The van der Waals surface area contributed by atoms with E-state index in [1.54, 1.807) is 6.26 Å². The van der Waals surface area contributed by atoms with E-state index in [1.165, 1.54) is 12.2 Å². The zero-order valence-corrected chi connectivity index (χ0v) is 11.2. The van der Waals surface area contributed by atoms with Gasteiger partial charge in [0.05, 0.1) is 12.8 Å². The van der Waals surface area contributed by atoms with Gasteiger partial charge in [0.25, 0.3) is 0 Å². The van der Waals surface area contributed by atoms with Crippen LogP contribution >= 0.6 is 11.8 Å². The monoisotopic (exact) mass is 242 g/mol. The highest BCUT2D eigenvalue weighted by atomic mass is 32.2. The van der Waals surface area contributed by atoms with Gasteiger partial charge in [-0.2, -0.15) is 11.8 Å². The van der Waals surface area contributed by atoms with Crippen molar-refractivity contribution in [2.75, 3.05) is 19.1 Å². The minimum atomic E-state index is 0.551. The molecule has 1 unspecified atom stereocenters. The molecule has 0 aromatic carbocycles. The molecule has 0 radical (unpaired) electrons. The Balaban J connectivity index is 2.40. The first-order valence-corrected chi connectivity index (χ1v) is 7.02. The van der Waals surface area contributed by atoms with Crippen LogP contribution in [-0.2, 0) is 13.1 Å². The zero-order chi connectivity index (χ0) is 12.0. The lowest BCUT2D eigenvalue weighted by Gasteiger charge is -2.23. The van der Waals surface area contributed by atoms with Gasteiger partial charge in [-0.3, -0.25) is 4.90 Å². The predicted octanol–water partition coefficient (Wildman–Crippen LogP) is 2.31. The van der Waals surface area contributed by atoms with Gasteiger partial charge in [-0.25, -0.2) is 0 Å². The lowest BCUT2D eigenvalue weighted by Crippen LogP contribution is -2.28. The number of hydrogen-bond donors (Lipinski definition) is 1.